The lowest BCUT2D eigenvalue weighted by Crippen LogP contribution is -2.48. The largest absolute Gasteiger partial charge is 0.465 e. The molecule has 1 heterocycles. The van der Waals surface area contributed by atoms with Crippen LogP contribution in [0.1, 0.15) is 19.8 Å². The molecule has 6 heteroatoms. The average molecular weight is 245 g/mol. The van der Waals surface area contributed by atoms with Gasteiger partial charge in [-0.25, -0.2) is 8.42 Å². The van der Waals surface area contributed by atoms with Gasteiger partial charge in [0, 0.05) is 0 Å². The van der Waals surface area contributed by atoms with Crippen LogP contribution in [0.5, 0.6) is 0 Å². The Morgan fingerprint density at radius 2 is 1.88 bits per heavy atom. The van der Waals surface area contributed by atoms with Gasteiger partial charge in [-0.15, -0.1) is 0 Å². The van der Waals surface area contributed by atoms with E-state index in [-0.39, 0.29) is 11.5 Å². The third-order valence-corrected chi connectivity index (χ3v) is 4.60. The maximum absolute atomic E-state index is 11.6. The molecule has 2 N–H and O–H groups in total. The normalized spacial score (nSPS) is 25.6. The maximum atomic E-state index is 11.6. The number of rotatable bonds is 2. The van der Waals surface area contributed by atoms with Gasteiger partial charge in [-0.2, -0.15) is 0 Å². The number of ether oxygens (including phenoxy) is 1. The van der Waals surface area contributed by atoms with Gasteiger partial charge in [0.25, 0.3) is 0 Å². The number of carbonyl (C=O) groups excluding carboxylic acids is 1. The highest BCUT2D eigenvalue weighted by Gasteiger charge is 2.46. The van der Waals surface area contributed by atoms with Gasteiger partial charge in [0.15, 0.2) is 9.84 Å². The van der Waals surface area contributed by atoms with Crippen molar-refractivity contribution in [2.45, 2.75) is 25.3 Å². The van der Waals surface area contributed by atoms with E-state index in [0.717, 1.165) is 11.1 Å². The minimum absolute atomic E-state index is 0.0562. The Labute approximate surface area is 94.6 Å². The Morgan fingerprint density at radius 1 is 1.38 bits per heavy atom. The second-order valence-electron chi connectivity index (χ2n) is 4.47. The van der Waals surface area contributed by atoms with Crippen LogP contribution in [0.25, 0.3) is 0 Å². The number of nitrogens with two attached hydrogens (primary N) is 1. The van der Waals surface area contributed by atoms with Crippen molar-refractivity contribution in [3.05, 3.63) is 11.1 Å². The van der Waals surface area contributed by atoms with Gasteiger partial charge in [-0.3, -0.25) is 4.79 Å². The maximum Gasteiger partial charge on any atom is 0.326 e. The molecule has 0 aromatic carbocycles. The second kappa shape index (κ2) is 3.56. The fourth-order valence-electron chi connectivity index (χ4n) is 2.38. The lowest BCUT2D eigenvalue weighted by Gasteiger charge is -2.22. The summed E-state index contributed by atoms with van der Waals surface area (Å²) in [5, 5.41) is 0. The first kappa shape index (κ1) is 11.6. The van der Waals surface area contributed by atoms with E-state index in [0.29, 0.717) is 19.4 Å². The molecule has 0 saturated heterocycles. The highest BCUT2D eigenvalue weighted by molar-refractivity contribution is 7.92. The average Bonchev–Trinajstić information content (AvgIpc) is 2.55. The predicted molar refractivity (Wildman–Crippen MR) is 58.5 cm³/mol. The second-order valence-corrected chi connectivity index (χ2v) is 6.53. The van der Waals surface area contributed by atoms with Crippen molar-refractivity contribution in [2.24, 2.45) is 5.73 Å². The number of hydrogen-bond donors (Lipinski definition) is 1. The summed E-state index contributed by atoms with van der Waals surface area (Å²) < 4.78 is 27.6. The van der Waals surface area contributed by atoms with Gasteiger partial charge < -0.3 is 10.5 Å². The third-order valence-electron chi connectivity index (χ3n) is 3.03. The Kier molecular flexibility index (Phi) is 2.58. The van der Waals surface area contributed by atoms with Gasteiger partial charge in [-0.1, -0.05) is 11.1 Å². The van der Waals surface area contributed by atoms with E-state index in [1.165, 1.54) is 0 Å². The van der Waals surface area contributed by atoms with Crippen LogP contribution in [0.4, 0.5) is 0 Å². The van der Waals surface area contributed by atoms with E-state index in [9.17, 15) is 13.2 Å². The molecule has 2 rings (SSSR count). The van der Waals surface area contributed by atoms with Crippen molar-refractivity contribution in [3.63, 3.8) is 0 Å². The molecule has 1 aliphatic carbocycles. The molecular formula is C10H15NO4S. The highest BCUT2D eigenvalue weighted by Crippen LogP contribution is 2.39. The molecule has 16 heavy (non-hydrogen) atoms. The Hall–Kier alpha value is -0.880. The van der Waals surface area contributed by atoms with E-state index in [2.05, 4.69) is 0 Å². The molecule has 90 valence electrons. The number of carbonyl (C=O) groups is 1. The lowest BCUT2D eigenvalue weighted by molar-refractivity contribution is -0.149. The van der Waals surface area contributed by atoms with Gasteiger partial charge in [0.1, 0.15) is 5.54 Å². The summed E-state index contributed by atoms with van der Waals surface area (Å²) in [6.45, 7) is 2.02. The Bertz CT molecular complexity index is 439. The minimum Gasteiger partial charge on any atom is -0.465 e. The summed E-state index contributed by atoms with van der Waals surface area (Å²) >= 11 is 0. The predicted octanol–water partition coefficient (Wildman–Crippen LogP) is -0.234. The van der Waals surface area contributed by atoms with E-state index < -0.39 is 21.3 Å². The molecule has 0 saturated carbocycles. The number of sulfone groups is 1. The summed E-state index contributed by atoms with van der Waals surface area (Å²) in [5.74, 6) is -0.316. The molecular weight excluding hydrogens is 230 g/mol. The van der Waals surface area contributed by atoms with Crippen LogP contribution >= 0.6 is 0 Å². The van der Waals surface area contributed by atoms with Crippen molar-refractivity contribution < 1.29 is 17.9 Å². The van der Waals surface area contributed by atoms with E-state index >= 15 is 0 Å². The van der Waals surface area contributed by atoms with Gasteiger partial charge in [0.2, 0.25) is 0 Å². The van der Waals surface area contributed by atoms with Crippen LogP contribution in [0.2, 0.25) is 0 Å². The zero-order valence-electron chi connectivity index (χ0n) is 9.15. The molecule has 0 aromatic rings. The molecule has 0 unspecified atom stereocenters. The zero-order valence-corrected chi connectivity index (χ0v) is 9.97. The molecule has 2 aliphatic rings. The summed E-state index contributed by atoms with van der Waals surface area (Å²) in [6.07, 6.45) is 0.640. The van der Waals surface area contributed by atoms with Crippen molar-refractivity contribution in [1.29, 1.82) is 0 Å². The minimum atomic E-state index is -2.98. The first-order valence-corrected chi connectivity index (χ1v) is 7.05. The van der Waals surface area contributed by atoms with Crippen LogP contribution in [0.3, 0.4) is 0 Å². The summed E-state index contributed by atoms with van der Waals surface area (Å²) in [6, 6.07) is 0. The van der Waals surface area contributed by atoms with E-state index in [1.54, 1.807) is 6.92 Å². The summed E-state index contributed by atoms with van der Waals surface area (Å²) in [5.41, 5.74) is 6.56. The Morgan fingerprint density at radius 3 is 2.31 bits per heavy atom. The Balaban J connectivity index is 2.11. The standard InChI is InChI=1S/C10H15NO4S/c1-2-15-9(12)10(11)3-7-5-16(13,14)6-8(7)4-10/h2-6,11H2,1H3. The van der Waals surface area contributed by atoms with Crippen LogP contribution in [0.15, 0.2) is 11.1 Å². The van der Waals surface area contributed by atoms with Crippen LogP contribution in [-0.2, 0) is 19.4 Å². The van der Waals surface area contributed by atoms with Crippen molar-refractivity contribution >= 4 is 15.8 Å². The monoisotopic (exact) mass is 245 g/mol. The van der Waals surface area contributed by atoms with Crippen LogP contribution in [0, 0.1) is 0 Å². The van der Waals surface area contributed by atoms with Gasteiger partial charge >= 0.3 is 5.97 Å². The van der Waals surface area contributed by atoms with Gasteiger partial charge in [0.05, 0.1) is 18.1 Å². The summed E-state index contributed by atoms with van der Waals surface area (Å²) in [4.78, 5) is 11.6. The molecule has 0 amide bonds. The number of esters is 1. The smallest absolute Gasteiger partial charge is 0.326 e. The molecule has 0 atom stereocenters. The topological polar surface area (TPSA) is 86.5 Å². The lowest BCUT2D eigenvalue weighted by atomic mass is 9.96. The zero-order chi connectivity index (χ0) is 12.0. The van der Waals surface area contributed by atoms with Crippen LogP contribution < -0.4 is 5.73 Å². The third kappa shape index (κ3) is 1.87. The van der Waals surface area contributed by atoms with E-state index in [4.69, 9.17) is 10.5 Å². The fraction of sp³-hybridized carbons (Fsp3) is 0.700. The molecule has 1 aliphatic heterocycles. The first-order chi connectivity index (χ1) is 7.36. The van der Waals surface area contributed by atoms with Gasteiger partial charge in [-0.05, 0) is 19.8 Å². The molecule has 0 fully saturated rings. The SMILES string of the molecule is CCOC(=O)C1(N)CC2=C(C1)CS(=O)(=O)C2. The molecule has 0 radical (unpaired) electrons. The fourth-order valence-corrected chi connectivity index (χ4v) is 4.16. The molecule has 0 bridgehead atoms. The number of hydrogen-bond acceptors (Lipinski definition) is 5. The summed E-state index contributed by atoms with van der Waals surface area (Å²) in [7, 11) is -2.98. The van der Waals surface area contributed by atoms with Crippen molar-refractivity contribution in [1.82, 2.24) is 0 Å². The molecule has 0 aromatic heterocycles. The van der Waals surface area contributed by atoms with Crippen LogP contribution in [-0.4, -0.2) is 38.0 Å². The van der Waals surface area contributed by atoms with Crippen molar-refractivity contribution in [3.8, 4) is 0 Å². The highest BCUT2D eigenvalue weighted by atomic mass is 32.2. The van der Waals surface area contributed by atoms with Crippen molar-refractivity contribution in [2.75, 3.05) is 18.1 Å². The van der Waals surface area contributed by atoms with E-state index in [1.807, 2.05) is 0 Å². The molecule has 5 nitrogen and oxygen atoms in total. The quantitative estimate of drug-likeness (QED) is 0.536. The first-order valence-electron chi connectivity index (χ1n) is 5.22. The molecule has 0 spiro atoms.